The second-order valence-electron chi connectivity index (χ2n) is 8.19. The molecule has 2 aromatic rings. The van der Waals surface area contributed by atoms with Crippen LogP contribution in [0.1, 0.15) is 17.2 Å². The number of rotatable bonds is 5. The number of ether oxygens (including phenoxy) is 3. The Hall–Kier alpha value is -2.78. The Morgan fingerprint density at radius 1 is 0.971 bits per heavy atom. The molecule has 1 atom stereocenters. The number of halogens is 2. The molecule has 2 fully saturated rings. The lowest BCUT2D eigenvalue weighted by Gasteiger charge is -2.31. The quantitative estimate of drug-likeness (QED) is 0.378. The summed E-state index contributed by atoms with van der Waals surface area (Å²) in [6.07, 6.45) is 0. The number of fused-ring (bicyclic) bond motifs is 1. The monoisotopic (exact) mass is 504 g/mol. The number of likely N-dealkylation sites (tertiary alicyclic amines) is 1. The Kier molecular flexibility index (Phi) is 6.40. The second-order valence-corrected chi connectivity index (χ2v) is 9.00. The Morgan fingerprint density at radius 2 is 1.74 bits per heavy atom. The van der Waals surface area contributed by atoms with E-state index in [9.17, 15) is 14.7 Å². The molecule has 0 spiro atoms. The van der Waals surface area contributed by atoms with Crippen molar-refractivity contribution in [1.82, 2.24) is 9.80 Å². The molecule has 3 aliphatic heterocycles. The van der Waals surface area contributed by atoms with Gasteiger partial charge in [-0.25, -0.2) is 0 Å². The fraction of sp³-hybridized carbons (Fsp3) is 0.333. The standard InChI is InChI=1S/C24H22Cl2N2O6/c25-16-3-1-14(11-17(16)26)21-20(22(29)15-2-4-18-19(12-15)34-13-33-18)23(30)24(31)28(21)6-5-27-7-9-32-10-8-27/h1-4,11-12,21,29H,5-10,13H2/b22-20-. The number of carbonyl (C=O) groups excluding carboxylic acids is 2. The summed E-state index contributed by atoms with van der Waals surface area (Å²) in [6.45, 7) is 3.69. The highest BCUT2D eigenvalue weighted by molar-refractivity contribution is 6.46. The van der Waals surface area contributed by atoms with Crippen molar-refractivity contribution in [2.75, 3.05) is 46.2 Å². The molecule has 2 aromatic carbocycles. The fourth-order valence-corrected chi connectivity index (χ4v) is 4.72. The van der Waals surface area contributed by atoms with Gasteiger partial charge in [-0.05, 0) is 35.9 Å². The summed E-state index contributed by atoms with van der Waals surface area (Å²) in [7, 11) is 0. The molecule has 1 amide bonds. The number of carbonyl (C=O) groups is 2. The Balaban J connectivity index is 1.55. The van der Waals surface area contributed by atoms with Crippen LogP contribution in [0, 0.1) is 0 Å². The minimum absolute atomic E-state index is 0.00997. The van der Waals surface area contributed by atoms with Gasteiger partial charge in [0.2, 0.25) is 6.79 Å². The van der Waals surface area contributed by atoms with Crippen molar-refractivity contribution in [3.8, 4) is 11.5 Å². The molecular formula is C24H22Cl2N2O6. The third-order valence-electron chi connectivity index (χ3n) is 6.21. The lowest BCUT2D eigenvalue weighted by Crippen LogP contribution is -2.42. The number of Topliss-reactive ketones (excluding diaryl/α,β-unsaturated/α-hetero) is 1. The van der Waals surface area contributed by atoms with E-state index in [0.29, 0.717) is 59.0 Å². The maximum absolute atomic E-state index is 13.2. The normalized spacial score (nSPS) is 21.9. The molecule has 178 valence electrons. The molecule has 5 rings (SSSR count). The Morgan fingerprint density at radius 3 is 2.50 bits per heavy atom. The van der Waals surface area contributed by atoms with Gasteiger partial charge in [0.15, 0.2) is 11.5 Å². The molecule has 3 heterocycles. The summed E-state index contributed by atoms with van der Waals surface area (Å²) in [5.41, 5.74) is 0.919. The zero-order chi connectivity index (χ0) is 23.8. The number of morpholine rings is 1. The van der Waals surface area contributed by atoms with Crippen molar-refractivity contribution < 1.29 is 28.9 Å². The molecular weight excluding hydrogens is 483 g/mol. The van der Waals surface area contributed by atoms with Crippen LogP contribution in [0.15, 0.2) is 42.0 Å². The van der Waals surface area contributed by atoms with Crippen molar-refractivity contribution >= 4 is 40.7 Å². The van der Waals surface area contributed by atoms with Crippen molar-refractivity contribution in [3.63, 3.8) is 0 Å². The number of ketones is 1. The smallest absolute Gasteiger partial charge is 0.295 e. The highest BCUT2D eigenvalue weighted by atomic mass is 35.5. The van der Waals surface area contributed by atoms with Crippen molar-refractivity contribution in [2.24, 2.45) is 0 Å². The predicted octanol–water partition coefficient (Wildman–Crippen LogP) is 3.48. The molecule has 0 radical (unpaired) electrons. The van der Waals surface area contributed by atoms with Gasteiger partial charge in [0.25, 0.3) is 11.7 Å². The van der Waals surface area contributed by atoms with E-state index in [1.165, 1.54) is 4.90 Å². The first kappa shape index (κ1) is 23.0. The summed E-state index contributed by atoms with van der Waals surface area (Å²) in [5.74, 6) is -0.721. The number of hydrogen-bond acceptors (Lipinski definition) is 7. The van der Waals surface area contributed by atoms with Gasteiger partial charge in [-0.3, -0.25) is 14.5 Å². The van der Waals surface area contributed by atoms with Crippen LogP contribution in [0.5, 0.6) is 11.5 Å². The summed E-state index contributed by atoms with van der Waals surface area (Å²) in [6, 6.07) is 8.98. The van der Waals surface area contributed by atoms with Crippen molar-refractivity contribution in [3.05, 3.63) is 63.1 Å². The first-order valence-electron chi connectivity index (χ1n) is 10.9. The largest absolute Gasteiger partial charge is 0.507 e. The van der Waals surface area contributed by atoms with E-state index < -0.39 is 17.7 Å². The van der Waals surface area contributed by atoms with Crippen molar-refractivity contribution in [2.45, 2.75) is 6.04 Å². The Bertz CT molecular complexity index is 1180. The molecule has 1 N–H and O–H groups in total. The highest BCUT2D eigenvalue weighted by Gasteiger charge is 2.46. The van der Waals surface area contributed by atoms with E-state index in [1.807, 2.05) is 0 Å². The van der Waals surface area contributed by atoms with Crippen LogP contribution >= 0.6 is 23.2 Å². The SMILES string of the molecule is O=C1C(=O)N(CCN2CCOCC2)C(c2ccc(Cl)c(Cl)c2)/C1=C(/O)c1ccc2c(c1)OCO2. The van der Waals surface area contributed by atoms with E-state index in [2.05, 4.69) is 4.90 Å². The predicted molar refractivity (Wildman–Crippen MR) is 125 cm³/mol. The van der Waals surface area contributed by atoms with Gasteiger partial charge in [0.1, 0.15) is 5.76 Å². The average Bonchev–Trinajstić information content (AvgIpc) is 3.42. The first-order valence-corrected chi connectivity index (χ1v) is 11.6. The van der Waals surface area contributed by atoms with Crippen LogP contribution in [-0.2, 0) is 14.3 Å². The van der Waals surface area contributed by atoms with Crippen LogP contribution < -0.4 is 9.47 Å². The molecule has 10 heteroatoms. The maximum atomic E-state index is 13.2. The lowest BCUT2D eigenvalue weighted by molar-refractivity contribution is -0.140. The second kappa shape index (κ2) is 9.46. The van der Waals surface area contributed by atoms with E-state index in [4.69, 9.17) is 37.4 Å². The zero-order valence-electron chi connectivity index (χ0n) is 18.1. The molecule has 1 unspecified atom stereocenters. The van der Waals surface area contributed by atoms with E-state index in [1.54, 1.807) is 36.4 Å². The topological polar surface area (TPSA) is 88.5 Å². The van der Waals surface area contributed by atoms with Crippen LogP contribution in [0.3, 0.4) is 0 Å². The first-order chi connectivity index (χ1) is 16.4. The molecule has 0 aromatic heterocycles. The molecule has 3 aliphatic rings. The molecule has 2 saturated heterocycles. The van der Waals surface area contributed by atoms with Gasteiger partial charge < -0.3 is 24.2 Å². The van der Waals surface area contributed by atoms with Crippen LogP contribution in [-0.4, -0.2) is 72.8 Å². The van der Waals surface area contributed by atoms with E-state index >= 15 is 0 Å². The third kappa shape index (κ3) is 4.22. The van der Waals surface area contributed by atoms with Gasteiger partial charge in [0, 0.05) is 31.7 Å². The summed E-state index contributed by atoms with van der Waals surface area (Å²) in [5, 5.41) is 11.9. The molecule has 0 aliphatic carbocycles. The fourth-order valence-electron chi connectivity index (χ4n) is 4.41. The molecule has 0 saturated carbocycles. The Labute approximate surface area is 206 Å². The molecule has 0 bridgehead atoms. The number of hydrogen-bond donors (Lipinski definition) is 1. The average molecular weight is 505 g/mol. The number of nitrogens with zero attached hydrogens (tertiary/aromatic N) is 2. The lowest BCUT2D eigenvalue weighted by atomic mass is 9.95. The maximum Gasteiger partial charge on any atom is 0.295 e. The van der Waals surface area contributed by atoms with Gasteiger partial charge in [-0.1, -0.05) is 29.3 Å². The van der Waals surface area contributed by atoms with Crippen LogP contribution in [0.4, 0.5) is 0 Å². The minimum atomic E-state index is -0.818. The number of aliphatic hydroxyl groups excluding tert-OH is 1. The van der Waals surface area contributed by atoms with Gasteiger partial charge in [-0.15, -0.1) is 0 Å². The highest BCUT2D eigenvalue weighted by Crippen LogP contribution is 2.42. The summed E-state index contributed by atoms with van der Waals surface area (Å²) in [4.78, 5) is 30.0. The van der Waals surface area contributed by atoms with Gasteiger partial charge >= 0.3 is 0 Å². The van der Waals surface area contributed by atoms with Crippen molar-refractivity contribution in [1.29, 1.82) is 0 Å². The minimum Gasteiger partial charge on any atom is -0.507 e. The third-order valence-corrected chi connectivity index (χ3v) is 6.95. The van der Waals surface area contributed by atoms with Gasteiger partial charge in [-0.2, -0.15) is 0 Å². The summed E-state index contributed by atoms with van der Waals surface area (Å²) >= 11 is 12.4. The number of aliphatic hydroxyl groups is 1. The van der Waals surface area contributed by atoms with E-state index in [-0.39, 0.29) is 18.1 Å². The number of benzene rings is 2. The summed E-state index contributed by atoms with van der Waals surface area (Å²) < 4.78 is 16.1. The molecule has 8 nitrogen and oxygen atoms in total. The van der Waals surface area contributed by atoms with Crippen LogP contribution in [0.25, 0.3) is 5.76 Å². The number of amides is 1. The van der Waals surface area contributed by atoms with Gasteiger partial charge in [0.05, 0.1) is 34.9 Å². The molecule has 34 heavy (non-hydrogen) atoms. The van der Waals surface area contributed by atoms with Crippen LogP contribution in [0.2, 0.25) is 10.0 Å². The van der Waals surface area contributed by atoms with E-state index in [0.717, 1.165) is 13.1 Å². The zero-order valence-corrected chi connectivity index (χ0v) is 19.6.